The van der Waals surface area contributed by atoms with E-state index in [4.69, 9.17) is 11.6 Å². The minimum absolute atomic E-state index is 0.470. The Morgan fingerprint density at radius 1 is 1.27 bits per heavy atom. The molecule has 0 saturated carbocycles. The summed E-state index contributed by atoms with van der Waals surface area (Å²) in [6.45, 7) is 11.0. The van der Waals surface area contributed by atoms with Crippen molar-refractivity contribution in [1.29, 1.82) is 0 Å². The molecular formula is C19H22ClNS. The molecule has 22 heavy (non-hydrogen) atoms. The Bertz CT molecular complexity index is 653. The number of halogens is 1. The van der Waals surface area contributed by atoms with Crippen molar-refractivity contribution in [2.45, 2.75) is 19.4 Å². The SMILES string of the molecule is C=CC=C.Cc1ccccc1C1CN(C)Cc2cc(Cl)sc21. The molecule has 1 unspecified atom stereocenters. The summed E-state index contributed by atoms with van der Waals surface area (Å²) < 4.78 is 0.911. The van der Waals surface area contributed by atoms with Crippen LogP contribution >= 0.6 is 22.9 Å². The predicted octanol–water partition coefficient (Wildman–Crippen LogP) is 5.65. The van der Waals surface area contributed by atoms with Crippen LogP contribution in [0.5, 0.6) is 0 Å². The zero-order chi connectivity index (χ0) is 16.1. The molecule has 1 nitrogen and oxygen atoms in total. The largest absolute Gasteiger partial charge is 0.301 e. The highest BCUT2D eigenvalue weighted by Crippen LogP contribution is 2.40. The normalized spacial score (nSPS) is 17.1. The number of allylic oxidation sites excluding steroid dienone is 2. The molecule has 0 amide bonds. The molecule has 3 heteroatoms. The van der Waals surface area contributed by atoms with Gasteiger partial charge in [0.25, 0.3) is 0 Å². The summed E-state index contributed by atoms with van der Waals surface area (Å²) in [6, 6.07) is 10.8. The van der Waals surface area contributed by atoms with E-state index in [2.05, 4.69) is 62.4 Å². The number of thiophene rings is 1. The first-order chi connectivity index (χ1) is 10.6. The van der Waals surface area contributed by atoms with Crippen molar-refractivity contribution in [3.8, 4) is 0 Å². The second kappa shape index (κ2) is 7.77. The Labute approximate surface area is 142 Å². The lowest BCUT2D eigenvalue weighted by Gasteiger charge is -2.31. The molecule has 2 aromatic rings. The second-order valence-electron chi connectivity index (χ2n) is 5.52. The number of nitrogens with zero attached hydrogens (tertiary/aromatic N) is 1. The minimum Gasteiger partial charge on any atom is -0.301 e. The van der Waals surface area contributed by atoms with E-state index in [9.17, 15) is 0 Å². The smallest absolute Gasteiger partial charge is 0.0934 e. The fraction of sp³-hybridized carbons (Fsp3) is 0.263. The first-order valence-electron chi connectivity index (χ1n) is 7.32. The lowest BCUT2D eigenvalue weighted by Crippen LogP contribution is -2.30. The highest BCUT2D eigenvalue weighted by atomic mass is 35.5. The molecule has 1 aliphatic heterocycles. The molecule has 0 spiro atoms. The third-order valence-electron chi connectivity index (χ3n) is 3.79. The van der Waals surface area contributed by atoms with Gasteiger partial charge in [0, 0.05) is 23.9 Å². The van der Waals surface area contributed by atoms with E-state index in [-0.39, 0.29) is 0 Å². The first kappa shape index (κ1) is 17.0. The number of hydrogen-bond acceptors (Lipinski definition) is 2. The summed E-state index contributed by atoms with van der Waals surface area (Å²) in [5, 5.41) is 0. The van der Waals surface area contributed by atoms with Crippen LogP contribution in [-0.4, -0.2) is 18.5 Å². The van der Waals surface area contributed by atoms with E-state index in [1.54, 1.807) is 23.5 Å². The van der Waals surface area contributed by atoms with Crippen LogP contribution in [0.1, 0.15) is 27.5 Å². The van der Waals surface area contributed by atoms with Crippen LogP contribution in [0.3, 0.4) is 0 Å². The van der Waals surface area contributed by atoms with Crippen molar-refractivity contribution in [3.05, 3.63) is 81.5 Å². The molecule has 0 bridgehead atoms. The Balaban J connectivity index is 0.000000396. The predicted molar refractivity (Wildman–Crippen MR) is 99.1 cm³/mol. The molecule has 0 aliphatic carbocycles. The number of likely N-dealkylation sites (N-methyl/N-ethyl adjacent to an activating group) is 1. The molecule has 1 aromatic heterocycles. The van der Waals surface area contributed by atoms with Crippen molar-refractivity contribution < 1.29 is 0 Å². The molecule has 0 fully saturated rings. The van der Waals surface area contributed by atoms with E-state index in [1.807, 2.05) is 0 Å². The summed E-state index contributed by atoms with van der Waals surface area (Å²) in [6.07, 6.45) is 3.28. The quantitative estimate of drug-likeness (QED) is 0.643. The maximum Gasteiger partial charge on any atom is 0.0934 e. The minimum atomic E-state index is 0.470. The van der Waals surface area contributed by atoms with E-state index in [0.717, 1.165) is 17.4 Å². The molecule has 3 rings (SSSR count). The molecule has 1 atom stereocenters. The number of aryl methyl sites for hydroxylation is 1. The number of hydrogen-bond donors (Lipinski definition) is 0. The maximum absolute atomic E-state index is 6.19. The third kappa shape index (κ3) is 3.89. The second-order valence-corrected chi connectivity index (χ2v) is 7.23. The van der Waals surface area contributed by atoms with Crippen molar-refractivity contribution >= 4 is 22.9 Å². The van der Waals surface area contributed by atoms with Gasteiger partial charge in [-0.15, -0.1) is 11.3 Å². The van der Waals surface area contributed by atoms with Crippen molar-refractivity contribution in [1.82, 2.24) is 4.90 Å². The average Bonchev–Trinajstić information content (AvgIpc) is 2.87. The Hall–Kier alpha value is -1.35. The van der Waals surface area contributed by atoms with Gasteiger partial charge in [-0.2, -0.15) is 0 Å². The van der Waals surface area contributed by atoms with Gasteiger partial charge in [0.05, 0.1) is 4.34 Å². The molecule has 0 radical (unpaired) electrons. The summed E-state index contributed by atoms with van der Waals surface area (Å²) in [7, 11) is 2.18. The standard InChI is InChI=1S/C15H16ClNS.C4H6/c1-10-5-3-4-6-12(10)13-9-17(2)8-11-7-14(16)18-15(11)13;1-3-4-2/h3-7,13H,8-9H2,1-2H3;3-4H,1-2H2. The van der Waals surface area contributed by atoms with Crippen LogP contribution in [-0.2, 0) is 6.54 Å². The molecule has 2 heterocycles. The third-order valence-corrected chi connectivity index (χ3v) is 5.21. The monoisotopic (exact) mass is 331 g/mol. The highest BCUT2D eigenvalue weighted by Gasteiger charge is 2.27. The van der Waals surface area contributed by atoms with Crippen LogP contribution < -0.4 is 0 Å². The summed E-state index contributed by atoms with van der Waals surface area (Å²) in [4.78, 5) is 3.83. The zero-order valence-electron chi connectivity index (χ0n) is 13.2. The van der Waals surface area contributed by atoms with Gasteiger partial charge in [0.15, 0.2) is 0 Å². The van der Waals surface area contributed by atoms with Gasteiger partial charge in [0.1, 0.15) is 0 Å². The topological polar surface area (TPSA) is 3.24 Å². The molecular weight excluding hydrogens is 310 g/mol. The van der Waals surface area contributed by atoms with Crippen LogP contribution in [0.25, 0.3) is 0 Å². The maximum atomic E-state index is 6.19. The summed E-state index contributed by atoms with van der Waals surface area (Å²) >= 11 is 7.93. The van der Waals surface area contributed by atoms with Gasteiger partial charge < -0.3 is 4.90 Å². The van der Waals surface area contributed by atoms with Crippen LogP contribution in [0.15, 0.2) is 55.6 Å². The van der Waals surface area contributed by atoms with Crippen LogP contribution in [0.4, 0.5) is 0 Å². The Morgan fingerprint density at radius 3 is 2.59 bits per heavy atom. The molecule has 1 aliphatic rings. The summed E-state index contributed by atoms with van der Waals surface area (Å²) in [5.41, 5.74) is 4.20. The van der Waals surface area contributed by atoms with Crippen LogP contribution in [0.2, 0.25) is 4.34 Å². The lowest BCUT2D eigenvalue weighted by molar-refractivity contribution is 0.298. The van der Waals surface area contributed by atoms with Crippen molar-refractivity contribution in [2.24, 2.45) is 0 Å². The molecule has 116 valence electrons. The van der Waals surface area contributed by atoms with Gasteiger partial charge in [-0.05, 0) is 36.7 Å². The number of rotatable bonds is 2. The van der Waals surface area contributed by atoms with Crippen molar-refractivity contribution in [2.75, 3.05) is 13.6 Å². The average molecular weight is 332 g/mol. The van der Waals surface area contributed by atoms with Crippen molar-refractivity contribution in [3.63, 3.8) is 0 Å². The number of fused-ring (bicyclic) bond motifs is 1. The molecule has 0 N–H and O–H groups in total. The van der Waals surface area contributed by atoms with Gasteiger partial charge in [-0.3, -0.25) is 0 Å². The van der Waals surface area contributed by atoms with E-state index in [0.29, 0.717) is 5.92 Å². The first-order valence-corrected chi connectivity index (χ1v) is 8.52. The van der Waals surface area contributed by atoms with E-state index in [1.165, 1.54) is 21.6 Å². The van der Waals surface area contributed by atoms with Gasteiger partial charge in [0.2, 0.25) is 0 Å². The van der Waals surface area contributed by atoms with Crippen LogP contribution in [0, 0.1) is 6.92 Å². The lowest BCUT2D eigenvalue weighted by atomic mass is 9.89. The van der Waals surface area contributed by atoms with E-state index < -0.39 is 0 Å². The van der Waals surface area contributed by atoms with E-state index >= 15 is 0 Å². The number of benzene rings is 1. The van der Waals surface area contributed by atoms with Gasteiger partial charge in [-0.1, -0.05) is 61.2 Å². The van der Waals surface area contributed by atoms with Gasteiger partial charge in [-0.25, -0.2) is 0 Å². The highest BCUT2D eigenvalue weighted by molar-refractivity contribution is 7.16. The molecule has 1 aromatic carbocycles. The fourth-order valence-electron chi connectivity index (χ4n) is 2.79. The zero-order valence-corrected chi connectivity index (χ0v) is 14.8. The Kier molecular flexibility index (Phi) is 6.01. The Morgan fingerprint density at radius 2 is 1.95 bits per heavy atom. The fourth-order valence-corrected chi connectivity index (χ4v) is 4.18. The molecule has 0 saturated heterocycles. The summed E-state index contributed by atoms with van der Waals surface area (Å²) in [5.74, 6) is 0.470. The van der Waals surface area contributed by atoms with Gasteiger partial charge >= 0.3 is 0 Å².